The van der Waals surface area contributed by atoms with Crippen molar-refractivity contribution >= 4 is 12.1 Å². The van der Waals surface area contributed by atoms with E-state index in [1.807, 2.05) is 0 Å². The van der Waals surface area contributed by atoms with E-state index in [4.69, 9.17) is 15.2 Å². The predicted octanol–water partition coefficient (Wildman–Crippen LogP) is 0.886. The highest BCUT2D eigenvalue weighted by Crippen LogP contribution is 2.20. The molecule has 1 aliphatic heterocycles. The van der Waals surface area contributed by atoms with Crippen LogP contribution >= 0.6 is 0 Å². The Kier molecular flexibility index (Phi) is 4.56. The van der Waals surface area contributed by atoms with E-state index in [2.05, 4.69) is 0 Å². The fourth-order valence-corrected chi connectivity index (χ4v) is 1.89. The normalized spacial score (nSPS) is 24.6. The summed E-state index contributed by atoms with van der Waals surface area (Å²) in [6.45, 7) is 5.77. The molecule has 0 aromatic rings. The van der Waals surface area contributed by atoms with Crippen molar-refractivity contribution in [3.05, 3.63) is 0 Å². The lowest BCUT2D eigenvalue weighted by molar-refractivity contribution is -0.148. The molecule has 0 radical (unpaired) electrons. The lowest BCUT2D eigenvalue weighted by Crippen LogP contribution is -2.54. The predicted molar refractivity (Wildman–Crippen MR) is 66.0 cm³/mol. The molecule has 1 aliphatic rings. The second-order valence-electron chi connectivity index (χ2n) is 5.50. The quantitative estimate of drug-likeness (QED) is 0.706. The van der Waals surface area contributed by atoms with Crippen molar-refractivity contribution in [1.29, 1.82) is 0 Å². The number of methoxy groups -OCH3 is 1. The first kappa shape index (κ1) is 14.8. The van der Waals surface area contributed by atoms with E-state index in [9.17, 15) is 9.59 Å². The van der Waals surface area contributed by atoms with E-state index in [0.717, 1.165) is 0 Å². The van der Waals surface area contributed by atoms with Crippen LogP contribution in [-0.4, -0.2) is 48.3 Å². The van der Waals surface area contributed by atoms with Crippen LogP contribution in [0, 0.1) is 0 Å². The highest BCUT2D eigenvalue weighted by Gasteiger charge is 2.37. The standard InChI is InChI=1S/C12H22N2O4/c1-12(2,3)18-11(16)14-6-5-8(13)7-9(14)10(15)17-4/h8-9H,5-7,13H2,1-4H3/t8-,9-/m0/s1. The van der Waals surface area contributed by atoms with Gasteiger partial charge in [0, 0.05) is 12.6 Å². The van der Waals surface area contributed by atoms with E-state index < -0.39 is 23.7 Å². The number of carbonyl (C=O) groups excluding carboxylic acids is 2. The van der Waals surface area contributed by atoms with Crippen molar-refractivity contribution in [2.75, 3.05) is 13.7 Å². The summed E-state index contributed by atoms with van der Waals surface area (Å²) >= 11 is 0. The Morgan fingerprint density at radius 2 is 1.94 bits per heavy atom. The summed E-state index contributed by atoms with van der Waals surface area (Å²) < 4.78 is 9.98. The zero-order chi connectivity index (χ0) is 13.9. The SMILES string of the molecule is COC(=O)[C@@H]1C[C@@H](N)CCN1C(=O)OC(C)(C)C. The molecule has 1 saturated heterocycles. The van der Waals surface area contributed by atoms with Crippen LogP contribution < -0.4 is 5.73 Å². The number of nitrogens with two attached hydrogens (primary N) is 1. The first-order chi connectivity index (χ1) is 8.24. The van der Waals surface area contributed by atoms with Crippen molar-refractivity contribution in [2.45, 2.75) is 51.3 Å². The number of hydrogen-bond donors (Lipinski definition) is 1. The fraction of sp³-hybridized carbons (Fsp3) is 0.833. The van der Waals surface area contributed by atoms with Gasteiger partial charge in [-0.1, -0.05) is 0 Å². The molecule has 0 aromatic heterocycles. The molecule has 0 aromatic carbocycles. The van der Waals surface area contributed by atoms with Crippen LogP contribution in [-0.2, 0) is 14.3 Å². The van der Waals surface area contributed by atoms with Gasteiger partial charge in [-0.25, -0.2) is 9.59 Å². The Balaban J connectivity index is 2.77. The van der Waals surface area contributed by atoms with Gasteiger partial charge in [-0.15, -0.1) is 0 Å². The Morgan fingerprint density at radius 3 is 2.44 bits per heavy atom. The molecule has 0 aliphatic carbocycles. The minimum Gasteiger partial charge on any atom is -0.467 e. The molecule has 0 unspecified atom stereocenters. The number of amides is 1. The lowest BCUT2D eigenvalue weighted by Gasteiger charge is -2.37. The summed E-state index contributed by atoms with van der Waals surface area (Å²) in [5.74, 6) is -0.448. The van der Waals surface area contributed by atoms with Crippen molar-refractivity contribution in [3.8, 4) is 0 Å². The Labute approximate surface area is 107 Å². The van der Waals surface area contributed by atoms with E-state index in [1.54, 1.807) is 20.8 Å². The Morgan fingerprint density at radius 1 is 1.33 bits per heavy atom. The van der Waals surface area contributed by atoms with Crippen LogP contribution in [0.2, 0.25) is 0 Å². The zero-order valence-electron chi connectivity index (χ0n) is 11.4. The first-order valence-corrected chi connectivity index (χ1v) is 6.07. The molecule has 0 saturated carbocycles. The van der Waals surface area contributed by atoms with E-state index in [0.29, 0.717) is 19.4 Å². The fourth-order valence-electron chi connectivity index (χ4n) is 1.89. The molecular weight excluding hydrogens is 236 g/mol. The third-order valence-electron chi connectivity index (χ3n) is 2.74. The summed E-state index contributed by atoms with van der Waals surface area (Å²) in [6.07, 6.45) is 0.573. The summed E-state index contributed by atoms with van der Waals surface area (Å²) in [5.41, 5.74) is 5.23. The summed E-state index contributed by atoms with van der Waals surface area (Å²) in [7, 11) is 1.30. The molecule has 6 heteroatoms. The van der Waals surface area contributed by atoms with Gasteiger partial charge >= 0.3 is 12.1 Å². The molecule has 0 bridgehead atoms. The highest BCUT2D eigenvalue weighted by atomic mass is 16.6. The van der Waals surface area contributed by atoms with Gasteiger partial charge in [-0.05, 0) is 33.6 Å². The Hall–Kier alpha value is -1.30. The van der Waals surface area contributed by atoms with Crippen molar-refractivity contribution in [3.63, 3.8) is 0 Å². The molecule has 2 N–H and O–H groups in total. The first-order valence-electron chi connectivity index (χ1n) is 6.07. The van der Waals surface area contributed by atoms with Crippen LogP contribution in [0.25, 0.3) is 0 Å². The summed E-state index contributed by atoms with van der Waals surface area (Å²) in [5, 5.41) is 0. The maximum absolute atomic E-state index is 12.0. The molecular formula is C12H22N2O4. The molecule has 18 heavy (non-hydrogen) atoms. The summed E-state index contributed by atoms with van der Waals surface area (Å²) in [6, 6.07) is -0.735. The van der Waals surface area contributed by atoms with Gasteiger partial charge in [0.15, 0.2) is 0 Å². The van der Waals surface area contributed by atoms with E-state index in [-0.39, 0.29) is 6.04 Å². The number of hydrogen-bond acceptors (Lipinski definition) is 5. The van der Waals surface area contributed by atoms with Gasteiger partial charge in [-0.2, -0.15) is 0 Å². The molecule has 104 valence electrons. The average Bonchev–Trinajstić information content (AvgIpc) is 2.25. The number of likely N-dealkylation sites (tertiary alicyclic amines) is 1. The van der Waals surface area contributed by atoms with Gasteiger partial charge in [0.1, 0.15) is 11.6 Å². The van der Waals surface area contributed by atoms with Gasteiger partial charge in [0.2, 0.25) is 0 Å². The average molecular weight is 258 g/mol. The van der Waals surface area contributed by atoms with Crippen molar-refractivity contribution in [1.82, 2.24) is 4.90 Å². The lowest BCUT2D eigenvalue weighted by atomic mass is 9.98. The molecule has 1 rings (SSSR count). The molecule has 1 fully saturated rings. The Bertz CT molecular complexity index is 325. The molecule has 0 spiro atoms. The monoisotopic (exact) mass is 258 g/mol. The van der Waals surface area contributed by atoms with Crippen LogP contribution in [0.4, 0.5) is 4.79 Å². The maximum Gasteiger partial charge on any atom is 0.411 e. The van der Waals surface area contributed by atoms with Crippen LogP contribution in [0.5, 0.6) is 0 Å². The largest absolute Gasteiger partial charge is 0.467 e. The smallest absolute Gasteiger partial charge is 0.411 e. The number of piperidine rings is 1. The molecule has 6 nitrogen and oxygen atoms in total. The van der Waals surface area contributed by atoms with Crippen LogP contribution in [0.3, 0.4) is 0 Å². The number of esters is 1. The topological polar surface area (TPSA) is 81.9 Å². The van der Waals surface area contributed by atoms with Crippen LogP contribution in [0.15, 0.2) is 0 Å². The molecule has 2 atom stereocenters. The zero-order valence-corrected chi connectivity index (χ0v) is 11.4. The van der Waals surface area contributed by atoms with Gasteiger partial charge in [0.05, 0.1) is 7.11 Å². The van der Waals surface area contributed by atoms with Gasteiger partial charge < -0.3 is 15.2 Å². The highest BCUT2D eigenvalue weighted by molar-refractivity contribution is 5.81. The minimum absolute atomic E-state index is 0.0900. The van der Waals surface area contributed by atoms with Gasteiger partial charge in [-0.3, -0.25) is 4.90 Å². The summed E-state index contributed by atoms with van der Waals surface area (Å²) in [4.78, 5) is 25.1. The van der Waals surface area contributed by atoms with Crippen LogP contribution in [0.1, 0.15) is 33.6 Å². The van der Waals surface area contributed by atoms with Crippen molar-refractivity contribution < 1.29 is 19.1 Å². The molecule has 1 heterocycles. The third kappa shape index (κ3) is 3.87. The minimum atomic E-state index is -0.645. The van der Waals surface area contributed by atoms with E-state index in [1.165, 1.54) is 12.0 Å². The molecule has 1 amide bonds. The van der Waals surface area contributed by atoms with E-state index >= 15 is 0 Å². The second kappa shape index (κ2) is 5.56. The second-order valence-corrected chi connectivity index (χ2v) is 5.50. The van der Waals surface area contributed by atoms with Gasteiger partial charge in [0.25, 0.3) is 0 Å². The number of ether oxygens (including phenoxy) is 2. The van der Waals surface area contributed by atoms with Crippen molar-refractivity contribution in [2.24, 2.45) is 5.73 Å². The number of nitrogens with zero attached hydrogens (tertiary/aromatic N) is 1. The third-order valence-corrected chi connectivity index (χ3v) is 2.74. The maximum atomic E-state index is 12.0. The number of carbonyl (C=O) groups is 2. The number of rotatable bonds is 1.